The summed E-state index contributed by atoms with van der Waals surface area (Å²) in [6.45, 7) is 14.3. The van der Waals surface area contributed by atoms with Crippen LogP contribution >= 0.6 is 0 Å². The summed E-state index contributed by atoms with van der Waals surface area (Å²) in [5.41, 5.74) is 1.01. The Kier molecular flexibility index (Phi) is 10.3. The topological polar surface area (TPSA) is 27.7 Å². The summed E-state index contributed by atoms with van der Waals surface area (Å²) in [6, 6.07) is 10.7. The van der Waals surface area contributed by atoms with Gasteiger partial charge < -0.3 is 14.2 Å². The maximum atomic E-state index is 6.77. The molecule has 0 N–H and O–H groups in total. The van der Waals surface area contributed by atoms with Gasteiger partial charge in [0.1, 0.15) is 0 Å². The normalized spacial score (nSPS) is 18.0. The third-order valence-electron chi connectivity index (χ3n) is 7.10. The summed E-state index contributed by atoms with van der Waals surface area (Å²) in [5, 5.41) is 0. The fourth-order valence-electron chi connectivity index (χ4n) is 4.84. The predicted molar refractivity (Wildman–Crippen MR) is 126 cm³/mol. The van der Waals surface area contributed by atoms with Gasteiger partial charge in [-0.15, -0.1) is 0 Å². The Labute approximate surface area is 185 Å². The molecule has 3 nitrogen and oxygen atoms in total. The van der Waals surface area contributed by atoms with Crippen LogP contribution in [0.4, 0.5) is 0 Å². The quantitative estimate of drug-likeness (QED) is 0.206. The van der Waals surface area contributed by atoms with Crippen molar-refractivity contribution in [3.63, 3.8) is 0 Å². The molecular weight excluding hydrogens is 372 g/mol. The van der Waals surface area contributed by atoms with Crippen molar-refractivity contribution in [2.24, 2.45) is 10.8 Å². The van der Waals surface area contributed by atoms with Gasteiger partial charge in [0.25, 0.3) is 0 Å². The van der Waals surface area contributed by atoms with E-state index in [9.17, 15) is 0 Å². The average Bonchev–Trinajstić information content (AvgIpc) is 2.75. The number of rotatable bonds is 16. The smallest absolute Gasteiger partial charge is 0.201 e. The van der Waals surface area contributed by atoms with E-state index in [1.807, 2.05) is 0 Å². The van der Waals surface area contributed by atoms with Crippen LogP contribution in [0.1, 0.15) is 98.0 Å². The Balaban J connectivity index is 2.40. The molecule has 0 spiro atoms. The van der Waals surface area contributed by atoms with Crippen LogP contribution in [0.3, 0.4) is 0 Å². The average molecular weight is 419 g/mol. The predicted octanol–water partition coefficient (Wildman–Crippen LogP) is 7.49. The van der Waals surface area contributed by atoms with Crippen LogP contribution in [-0.4, -0.2) is 26.4 Å². The van der Waals surface area contributed by atoms with Gasteiger partial charge in [0, 0.05) is 16.4 Å². The summed E-state index contributed by atoms with van der Waals surface area (Å²) >= 11 is 0. The van der Waals surface area contributed by atoms with Gasteiger partial charge >= 0.3 is 0 Å². The maximum Gasteiger partial charge on any atom is 0.201 e. The van der Waals surface area contributed by atoms with E-state index in [1.165, 1.54) is 38.5 Å². The molecule has 0 radical (unpaired) electrons. The first-order chi connectivity index (χ1) is 14.5. The molecule has 2 rings (SSSR count). The zero-order valence-corrected chi connectivity index (χ0v) is 20.3. The van der Waals surface area contributed by atoms with Crippen molar-refractivity contribution in [3.8, 4) is 0 Å². The Hall–Kier alpha value is -0.900. The monoisotopic (exact) mass is 418 g/mol. The third-order valence-corrected chi connectivity index (χ3v) is 7.10. The molecule has 1 fully saturated rings. The number of ether oxygens (including phenoxy) is 3. The molecule has 1 atom stereocenters. The Morgan fingerprint density at radius 2 is 1.40 bits per heavy atom. The second kappa shape index (κ2) is 12.2. The maximum absolute atomic E-state index is 6.77. The summed E-state index contributed by atoms with van der Waals surface area (Å²) in [5.74, 6) is -0.748. The van der Waals surface area contributed by atoms with Crippen LogP contribution in [0.25, 0.3) is 0 Å². The lowest BCUT2D eigenvalue weighted by Crippen LogP contribution is -2.63. The summed E-state index contributed by atoms with van der Waals surface area (Å²) in [4.78, 5) is 0. The largest absolute Gasteiger partial charge is 0.380 e. The molecule has 1 unspecified atom stereocenters. The molecule has 30 heavy (non-hydrogen) atoms. The molecule has 0 aliphatic carbocycles. The Bertz CT molecular complexity index is 573. The zero-order chi connectivity index (χ0) is 21.9. The van der Waals surface area contributed by atoms with Crippen LogP contribution < -0.4 is 0 Å². The van der Waals surface area contributed by atoms with Crippen molar-refractivity contribution < 1.29 is 14.2 Å². The molecule has 1 aromatic rings. The molecule has 0 bridgehead atoms. The zero-order valence-electron chi connectivity index (χ0n) is 20.3. The SMILES string of the molecule is CCCCCCCCC(C)(C1(C)COC1)C(OCCC)(OCCC)c1ccccc1. The highest BCUT2D eigenvalue weighted by molar-refractivity contribution is 5.25. The minimum Gasteiger partial charge on any atom is -0.380 e. The van der Waals surface area contributed by atoms with Crippen molar-refractivity contribution in [2.75, 3.05) is 26.4 Å². The van der Waals surface area contributed by atoms with Gasteiger partial charge in [-0.3, -0.25) is 0 Å². The van der Waals surface area contributed by atoms with Crippen molar-refractivity contribution in [2.45, 2.75) is 98.2 Å². The van der Waals surface area contributed by atoms with Gasteiger partial charge in [-0.2, -0.15) is 0 Å². The van der Waals surface area contributed by atoms with E-state index < -0.39 is 5.79 Å². The van der Waals surface area contributed by atoms with E-state index in [1.54, 1.807) is 0 Å². The molecule has 1 heterocycles. The molecule has 1 aromatic carbocycles. The van der Waals surface area contributed by atoms with E-state index in [4.69, 9.17) is 14.2 Å². The van der Waals surface area contributed by atoms with Gasteiger partial charge in [0.05, 0.1) is 26.4 Å². The second-order valence-electron chi connectivity index (χ2n) is 9.58. The van der Waals surface area contributed by atoms with Crippen LogP contribution in [0, 0.1) is 10.8 Å². The molecule has 1 aliphatic rings. The first kappa shape index (κ1) is 25.4. The molecular formula is C27H46O3. The Morgan fingerprint density at radius 1 is 0.833 bits per heavy atom. The van der Waals surface area contributed by atoms with Gasteiger partial charge in [0.2, 0.25) is 5.79 Å². The van der Waals surface area contributed by atoms with E-state index in [0.717, 1.165) is 38.0 Å². The van der Waals surface area contributed by atoms with Gasteiger partial charge in [-0.1, -0.05) is 103 Å². The summed E-state index contributed by atoms with van der Waals surface area (Å²) in [7, 11) is 0. The lowest BCUT2D eigenvalue weighted by molar-refractivity contribution is -0.359. The van der Waals surface area contributed by atoms with E-state index in [2.05, 4.69) is 65.0 Å². The molecule has 0 amide bonds. The fraction of sp³-hybridized carbons (Fsp3) is 0.778. The lowest BCUT2D eigenvalue weighted by Gasteiger charge is -2.60. The number of hydrogen-bond donors (Lipinski definition) is 0. The number of unbranched alkanes of at least 4 members (excludes halogenated alkanes) is 5. The molecule has 0 saturated carbocycles. The second-order valence-corrected chi connectivity index (χ2v) is 9.58. The number of benzene rings is 1. The van der Waals surface area contributed by atoms with Gasteiger partial charge in [0.15, 0.2) is 0 Å². The first-order valence-electron chi connectivity index (χ1n) is 12.4. The first-order valence-corrected chi connectivity index (χ1v) is 12.4. The van der Waals surface area contributed by atoms with Gasteiger partial charge in [-0.05, 0) is 19.3 Å². The summed E-state index contributed by atoms with van der Waals surface area (Å²) in [6.07, 6.45) is 10.8. The molecule has 1 aliphatic heterocycles. The van der Waals surface area contributed by atoms with Crippen LogP contribution in [0.5, 0.6) is 0 Å². The van der Waals surface area contributed by atoms with Gasteiger partial charge in [-0.25, -0.2) is 0 Å². The van der Waals surface area contributed by atoms with E-state index >= 15 is 0 Å². The fourth-order valence-corrected chi connectivity index (χ4v) is 4.84. The minimum absolute atomic E-state index is 0.0355. The third kappa shape index (κ3) is 5.47. The molecule has 0 aromatic heterocycles. The minimum atomic E-state index is -0.748. The van der Waals surface area contributed by atoms with Crippen molar-refractivity contribution in [3.05, 3.63) is 35.9 Å². The lowest BCUT2D eigenvalue weighted by atomic mass is 9.56. The highest BCUT2D eigenvalue weighted by atomic mass is 16.7. The molecule has 1 saturated heterocycles. The Morgan fingerprint density at radius 3 is 1.90 bits per heavy atom. The van der Waals surface area contributed by atoms with E-state index in [-0.39, 0.29) is 10.8 Å². The van der Waals surface area contributed by atoms with E-state index in [0.29, 0.717) is 13.2 Å². The van der Waals surface area contributed by atoms with Crippen molar-refractivity contribution in [1.29, 1.82) is 0 Å². The van der Waals surface area contributed by atoms with Crippen LogP contribution in [0.2, 0.25) is 0 Å². The molecule has 172 valence electrons. The summed E-state index contributed by atoms with van der Waals surface area (Å²) < 4.78 is 19.3. The standard InChI is InChI=1S/C27H46O3/c1-6-9-10-11-12-16-19-26(5,25(4)22-28-23-25)27(29-20-7-2,30-21-8-3)24-17-14-13-15-18-24/h13-15,17-18H,6-12,16,19-23H2,1-5H3. The van der Waals surface area contributed by atoms with Crippen molar-refractivity contribution >= 4 is 0 Å². The number of hydrogen-bond acceptors (Lipinski definition) is 3. The highest BCUT2D eigenvalue weighted by Crippen LogP contribution is 2.60. The molecule has 3 heteroatoms. The van der Waals surface area contributed by atoms with Crippen LogP contribution in [0.15, 0.2) is 30.3 Å². The van der Waals surface area contributed by atoms with Crippen molar-refractivity contribution in [1.82, 2.24) is 0 Å². The highest BCUT2D eigenvalue weighted by Gasteiger charge is 2.63. The van der Waals surface area contributed by atoms with Crippen LogP contribution in [-0.2, 0) is 20.0 Å².